The predicted octanol–water partition coefficient (Wildman–Crippen LogP) is 0.182. The molecule has 0 spiro atoms. The van der Waals surface area contributed by atoms with Gasteiger partial charge in [-0.2, -0.15) is 0 Å². The van der Waals surface area contributed by atoms with Crippen molar-refractivity contribution in [2.45, 2.75) is 6.92 Å². The van der Waals surface area contributed by atoms with Crippen LogP contribution in [0.3, 0.4) is 0 Å². The summed E-state index contributed by atoms with van der Waals surface area (Å²) in [6, 6.07) is 1.63. The molecule has 12 heavy (non-hydrogen) atoms. The number of carboxylic acids is 1. The van der Waals surface area contributed by atoms with E-state index in [1.54, 1.807) is 13.0 Å². The van der Waals surface area contributed by atoms with Crippen LogP contribution >= 0.6 is 0 Å². The van der Waals surface area contributed by atoms with E-state index in [9.17, 15) is 4.79 Å². The van der Waals surface area contributed by atoms with Gasteiger partial charge in [0, 0.05) is 11.8 Å². The van der Waals surface area contributed by atoms with Gasteiger partial charge in [-0.1, -0.05) is 0 Å². The minimum Gasteiger partial charge on any atom is -0.479 e. The summed E-state index contributed by atoms with van der Waals surface area (Å²) in [5.41, 5.74) is 0.838. The number of carboxylic acid groups (broad SMARTS) is 1. The van der Waals surface area contributed by atoms with E-state index in [1.165, 1.54) is 0 Å². The molecule has 6 heteroatoms. The Kier molecular flexibility index (Phi) is 2.84. The summed E-state index contributed by atoms with van der Waals surface area (Å²) >= 11 is 0. The number of aromatic nitrogens is 2. The van der Waals surface area contributed by atoms with Crippen LogP contribution in [0.2, 0.25) is 0 Å². The zero-order valence-corrected chi connectivity index (χ0v) is 13.1. The van der Waals surface area contributed by atoms with Crippen LogP contribution in [0.15, 0.2) is 6.07 Å². The summed E-state index contributed by atoms with van der Waals surface area (Å²) in [5.74, 6) is -0.699. The molecular weight excluding hydrogens is 415 g/mol. The Hall–Kier alpha value is -2.52. The van der Waals surface area contributed by atoms with Crippen molar-refractivity contribution in [1.82, 2.24) is 10.2 Å². The molecule has 2 N–H and O–H groups in total. The van der Waals surface area contributed by atoms with E-state index in [1.807, 2.05) is 0 Å². The average Bonchev–Trinajstić information content (AvgIpc) is 2.31. The number of aromatic amines is 1. The molecular formula is C6H8N2O3Rf. The van der Waals surface area contributed by atoms with Crippen molar-refractivity contribution in [3.63, 3.8) is 0 Å². The minimum absolute atomic E-state index is 0. The fraction of sp³-hybridized carbons (Fsp3) is 0.333. The Labute approximate surface area is 63.0 Å². The SMILES string of the molecule is Cc1cc(OCC(=O)O)n[nH]1.[Rf]. The van der Waals surface area contributed by atoms with Crippen LogP contribution in [0.25, 0.3) is 0 Å². The standard InChI is InChI=1S/C6H8N2O3.Rf/c1-4-2-5(8-7-4)11-3-6(9)10;/h2H,3H2,1H3,(H,7,8)(H,9,10);. The van der Waals surface area contributed by atoms with Crippen LogP contribution in [0.5, 0.6) is 5.88 Å². The quantitative estimate of drug-likeness (QED) is 0.728. The van der Waals surface area contributed by atoms with Crippen LogP contribution in [-0.4, -0.2) is 27.9 Å². The van der Waals surface area contributed by atoms with Crippen molar-refractivity contribution >= 4 is 5.97 Å². The number of nitrogens with zero attached hydrogens (tertiary/aromatic N) is 1. The van der Waals surface area contributed by atoms with Crippen molar-refractivity contribution < 1.29 is 14.6 Å². The Bertz CT molecular complexity index is 261. The van der Waals surface area contributed by atoms with Crippen LogP contribution in [0, 0.1) is 6.92 Å². The second-order valence-electron chi connectivity index (χ2n) is 2.07. The second-order valence-corrected chi connectivity index (χ2v) is 2.07. The molecule has 0 unspecified atom stereocenters. The van der Waals surface area contributed by atoms with Crippen LogP contribution in [0.4, 0.5) is 0 Å². The predicted molar refractivity (Wildman–Crippen MR) is 36.5 cm³/mol. The molecule has 0 aliphatic carbocycles. The summed E-state index contributed by atoms with van der Waals surface area (Å²) in [6.07, 6.45) is 0. The van der Waals surface area contributed by atoms with E-state index in [0.29, 0.717) is 5.88 Å². The van der Waals surface area contributed by atoms with Crippen molar-refractivity contribution in [3.05, 3.63) is 11.8 Å². The number of carbonyl (C=O) groups is 1. The van der Waals surface area contributed by atoms with Gasteiger partial charge >= 0.3 is 5.97 Å². The molecule has 0 bridgehead atoms. The van der Waals surface area contributed by atoms with Gasteiger partial charge < -0.3 is 9.84 Å². The normalized spacial score (nSPS) is 8.75. The van der Waals surface area contributed by atoms with Crippen LogP contribution in [-0.2, 0) is 4.79 Å². The number of aliphatic carboxylic acids is 1. The molecule has 0 radical (unpaired) electrons. The first kappa shape index (κ1) is 9.48. The van der Waals surface area contributed by atoms with Gasteiger partial charge in [-0.15, -0.1) is 5.10 Å². The molecule has 0 atom stereocenters. The van der Waals surface area contributed by atoms with Gasteiger partial charge in [0.1, 0.15) is 0 Å². The van der Waals surface area contributed by atoms with Gasteiger partial charge in [-0.25, -0.2) is 4.79 Å². The number of aryl methyl sites for hydroxylation is 1. The monoisotopic (exact) mass is 423 g/mol. The molecule has 1 rings (SSSR count). The first-order chi connectivity index (χ1) is 5.18. The maximum atomic E-state index is 10.0. The third-order valence-electron chi connectivity index (χ3n) is 1.03. The number of ether oxygens (including phenoxy) is 1. The molecule has 62 valence electrons. The summed E-state index contributed by atoms with van der Waals surface area (Å²) in [7, 11) is 0. The number of rotatable bonds is 3. The minimum atomic E-state index is -1.01. The van der Waals surface area contributed by atoms with E-state index in [2.05, 4.69) is 10.2 Å². The number of H-pyrrole nitrogens is 1. The van der Waals surface area contributed by atoms with Gasteiger partial charge in [0.2, 0.25) is 5.88 Å². The fourth-order valence-corrected chi connectivity index (χ4v) is 0.603. The van der Waals surface area contributed by atoms with E-state index in [0.717, 1.165) is 5.69 Å². The Morgan fingerprint density at radius 2 is 2.50 bits per heavy atom. The molecule has 0 aromatic carbocycles. The number of hydrogen-bond acceptors (Lipinski definition) is 3. The van der Waals surface area contributed by atoms with E-state index >= 15 is 0 Å². The molecule has 1 aromatic rings. The van der Waals surface area contributed by atoms with Gasteiger partial charge in [-0.3, -0.25) is 5.10 Å². The molecule has 0 saturated carbocycles. The third-order valence-corrected chi connectivity index (χ3v) is 1.03. The summed E-state index contributed by atoms with van der Waals surface area (Å²) in [5, 5.41) is 14.5. The van der Waals surface area contributed by atoms with Gasteiger partial charge in [0.05, 0.1) is 0 Å². The zero-order valence-electron chi connectivity index (χ0n) is 6.70. The molecule has 0 amide bonds. The first-order valence-electron chi connectivity index (χ1n) is 3.05. The topological polar surface area (TPSA) is 75.2 Å². The van der Waals surface area contributed by atoms with E-state index in [4.69, 9.17) is 9.84 Å². The van der Waals surface area contributed by atoms with Gasteiger partial charge in [0.25, 0.3) is 0 Å². The summed E-state index contributed by atoms with van der Waals surface area (Å²) in [6.45, 7) is 1.45. The molecule has 0 saturated heterocycles. The Balaban J connectivity index is 0.00000121. The van der Waals surface area contributed by atoms with Gasteiger partial charge in [-0.05, 0) is 6.92 Å². The second kappa shape index (κ2) is 3.60. The van der Waals surface area contributed by atoms with Crippen molar-refractivity contribution in [1.29, 1.82) is 0 Å². The molecule has 0 aliphatic heterocycles. The Morgan fingerprint density at radius 1 is 1.83 bits per heavy atom. The number of nitrogens with one attached hydrogen (secondary N) is 1. The van der Waals surface area contributed by atoms with Gasteiger partial charge in [0.15, 0.2) is 6.61 Å². The molecule has 1 heterocycles. The maximum absolute atomic E-state index is 10.0. The van der Waals surface area contributed by atoms with Crippen molar-refractivity contribution in [3.8, 4) is 5.88 Å². The molecule has 5 nitrogen and oxygen atoms in total. The Morgan fingerprint density at radius 3 is 2.92 bits per heavy atom. The maximum Gasteiger partial charge on any atom is 0.341 e. The molecule has 0 aliphatic rings. The summed E-state index contributed by atoms with van der Waals surface area (Å²) < 4.78 is 4.75. The zero-order chi connectivity index (χ0) is 8.27. The fourth-order valence-electron chi connectivity index (χ4n) is 0.603. The van der Waals surface area contributed by atoms with E-state index in [-0.39, 0.29) is 6.61 Å². The smallest absolute Gasteiger partial charge is 0.341 e. The molecule has 0 fully saturated rings. The average molecular weight is 423 g/mol. The first-order valence-corrected chi connectivity index (χ1v) is 3.05. The van der Waals surface area contributed by atoms with Crippen molar-refractivity contribution in [2.24, 2.45) is 0 Å². The third kappa shape index (κ3) is 2.38. The van der Waals surface area contributed by atoms with Crippen LogP contribution in [0.1, 0.15) is 5.69 Å². The van der Waals surface area contributed by atoms with Crippen molar-refractivity contribution in [2.75, 3.05) is 6.61 Å². The van der Waals surface area contributed by atoms with E-state index < -0.39 is 5.97 Å². The largest absolute Gasteiger partial charge is 0.479 e. The number of hydrogen-bond donors (Lipinski definition) is 2. The molecule has 1 aromatic heterocycles. The summed E-state index contributed by atoms with van der Waals surface area (Å²) in [4.78, 5) is 10.0. The van der Waals surface area contributed by atoms with Crippen LogP contribution < -0.4 is 4.74 Å².